The summed E-state index contributed by atoms with van der Waals surface area (Å²) in [5.74, 6) is 0.263. The van der Waals surface area contributed by atoms with Gasteiger partial charge in [0.15, 0.2) is 5.13 Å². The third-order valence-corrected chi connectivity index (χ3v) is 4.64. The number of ether oxygens (including phenoxy) is 2. The van der Waals surface area contributed by atoms with Crippen LogP contribution in [-0.4, -0.2) is 35.2 Å². The Hall–Kier alpha value is -2.51. The van der Waals surface area contributed by atoms with Crippen molar-refractivity contribution >= 4 is 32.6 Å². The first-order valence-corrected chi connectivity index (χ1v) is 8.47. The van der Waals surface area contributed by atoms with Crippen LogP contribution in [0, 0.1) is 0 Å². The number of benzene rings is 1. The molecule has 3 aromatic rings. The first-order chi connectivity index (χ1) is 11.8. The quantitative estimate of drug-likeness (QED) is 0.789. The molecule has 6 nitrogen and oxygen atoms in total. The van der Waals surface area contributed by atoms with Crippen LogP contribution in [0.4, 0.5) is 5.13 Å². The molecule has 0 unspecified atom stereocenters. The maximum absolute atomic E-state index is 12.3. The Kier molecular flexibility index (Phi) is 4.10. The number of amides is 1. The molecule has 1 saturated heterocycles. The SMILES string of the molecule is O=C(Nc1nc2ccccc2s1)c1ccc(O[C@@H]2CCOC2)nc1. The Labute approximate surface area is 142 Å². The van der Waals surface area contributed by atoms with Crippen LogP contribution in [-0.2, 0) is 4.74 Å². The standard InChI is InChI=1S/C17H15N3O3S/c21-16(20-17-19-13-3-1-2-4-14(13)24-17)11-5-6-15(18-9-11)23-12-7-8-22-10-12/h1-6,9,12H,7-8,10H2,(H,19,20,21)/t12-/m1/s1. The van der Waals surface area contributed by atoms with Crippen LogP contribution in [0.1, 0.15) is 16.8 Å². The summed E-state index contributed by atoms with van der Waals surface area (Å²) in [4.78, 5) is 20.9. The Morgan fingerprint density at radius 1 is 1.29 bits per heavy atom. The first-order valence-electron chi connectivity index (χ1n) is 7.65. The monoisotopic (exact) mass is 341 g/mol. The van der Waals surface area contributed by atoms with E-state index in [-0.39, 0.29) is 12.0 Å². The number of hydrogen-bond donors (Lipinski definition) is 1. The number of fused-ring (bicyclic) bond motifs is 1. The summed E-state index contributed by atoms with van der Waals surface area (Å²) in [7, 11) is 0. The maximum Gasteiger partial charge on any atom is 0.259 e. The van der Waals surface area contributed by atoms with E-state index in [2.05, 4.69) is 15.3 Å². The lowest BCUT2D eigenvalue weighted by atomic mass is 10.2. The summed E-state index contributed by atoms with van der Waals surface area (Å²) >= 11 is 1.44. The summed E-state index contributed by atoms with van der Waals surface area (Å²) in [6.45, 7) is 1.30. The zero-order valence-corrected chi connectivity index (χ0v) is 13.6. The molecular weight excluding hydrogens is 326 g/mol. The number of rotatable bonds is 4. The molecule has 0 radical (unpaired) electrons. The van der Waals surface area contributed by atoms with E-state index in [1.54, 1.807) is 12.1 Å². The highest BCUT2D eigenvalue weighted by Gasteiger charge is 2.18. The molecule has 0 spiro atoms. The van der Waals surface area contributed by atoms with E-state index in [0.29, 0.717) is 29.8 Å². The molecule has 1 fully saturated rings. The van der Waals surface area contributed by atoms with E-state index in [1.165, 1.54) is 17.5 Å². The van der Waals surface area contributed by atoms with Crippen molar-refractivity contribution < 1.29 is 14.3 Å². The number of para-hydroxylation sites is 1. The lowest BCUT2D eigenvalue weighted by molar-refractivity contribution is 0.102. The number of hydrogen-bond acceptors (Lipinski definition) is 6. The molecule has 1 amide bonds. The summed E-state index contributed by atoms with van der Waals surface area (Å²) in [6, 6.07) is 11.2. The van der Waals surface area contributed by atoms with Gasteiger partial charge in [0.1, 0.15) is 6.10 Å². The van der Waals surface area contributed by atoms with Gasteiger partial charge >= 0.3 is 0 Å². The molecule has 122 valence electrons. The summed E-state index contributed by atoms with van der Waals surface area (Å²) in [5, 5.41) is 3.38. The van der Waals surface area contributed by atoms with Gasteiger partial charge in [0.2, 0.25) is 5.88 Å². The fraction of sp³-hybridized carbons (Fsp3) is 0.235. The van der Waals surface area contributed by atoms with Gasteiger partial charge in [-0.25, -0.2) is 9.97 Å². The van der Waals surface area contributed by atoms with Gasteiger partial charge in [-0.15, -0.1) is 0 Å². The molecule has 3 heterocycles. The zero-order chi connectivity index (χ0) is 16.4. The normalized spacial score (nSPS) is 17.1. The molecule has 0 saturated carbocycles. The molecule has 1 N–H and O–H groups in total. The van der Waals surface area contributed by atoms with Gasteiger partial charge in [-0.3, -0.25) is 10.1 Å². The van der Waals surface area contributed by atoms with Crippen LogP contribution >= 0.6 is 11.3 Å². The number of carbonyl (C=O) groups is 1. The number of pyridine rings is 1. The van der Waals surface area contributed by atoms with Gasteiger partial charge in [0.25, 0.3) is 5.91 Å². The van der Waals surface area contributed by atoms with Crippen LogP contribution in [0.3, 0.4) is 0 Å². The van der Waals surface area contributed by atoms with Crippen molar-refractivity contribution in [3.05, 3.63) is 48.2 Å². The van der Waals surface area contributed by atoms with E-state index in [4.69, 9.17) is 9.47 Å². The molecule has 2 aromatic heterocycles. The second-order valence-electron chi connectivity index (χ2n) is 5.43. The lowest BCUT2D eigenvalue weighted by Crippen LogP contribution is -2.17. The average Bonchev–Trinajstić information content (AvgIpc) is 3.24. The van der Waals surface area contributed by atoms with Crippen LogP contribution in [0.15, 0.2) is 42.6 Å². The van der Waals surface area contributed by atoms with Gasteiger partial charge in [0.05, 0.1) is 29.0 Å². The number of nitrogens with one attached hydrogen (secondary N) is 1. The molecule has 7 heteroatoms. The average molecular weight is 341 g/mol. The Morgan fingerprint density at radius 3 is 2.96 bits per heavy atom. The number of anilines is 1. The van der Waals surface area contributed by atoms with Crippen molar-refractivity contribution in [2.75, 3.05) is 18.5 Å². The largest absolute Gasteiger partial charge is 0.472 e. The van der Waals surface area contributed by atoms with Crippen molar-refractivity contribution in [1.29, 1.82) is 0 Å². The zero-order valence-electron chi connectivity index (χ0n) is 12.8. The van der Waals surface area contributed by atoms with Crippen molar-refractivity contribution in [3.63, 3.8) is 0 Å². The second kappa shape index (κ2) is 6.54. The molecule has 0 bridgehead atoms. The van der Waals surface area contributed by atoms with Crippen LogP contribution < -0.4 is 10.1 Å². The Bertz CT molecular complexity index is 824. The highest BCUT2D eigenvalue weighted by Crippen LogP contribution is 2.25. The van der Waals surface area contributed by atoms with Gasteiger partial charge in [-0.05, 0) is 18.2 Å². The second-order valence-corrected chi connectivity index (χ2v) is 6.46. The predicted octanol–water partition coefficient (Wildman–Crippen LogP) is 3.11. The van der Waals surface area contributed by atoms with E-state index in [1.807, 2.05) is 24.3 Å². The molecule has 1 atom stereocenters. The number of aromatic nitrogens is 2. The molecule has 0 aliphatic carbocycles. The number of thiazole rings is 1. The third-order valence-electron chi connectivity index (χ3n) is 3.69. The number of carbonyl (C=O) groups excluding carboxylic acids is 1. The highest BCUT2D eigenvalue weighted by molar-refractivity contribution is 7.22. The Balaban J connectivity index is 1.43. The molecule has 1 aromatic carbocycles. The molecule has 4 rings (SSSR count). The van der Waals surface area contributed by atoms with E-state index < -0.39 is 0 Å². The van der Waals surface area contributed by atoms with Crippen molar-refractivity contribution in [1.82, 2.24) is 9.97 Å². The molecule has 1 aliphatic heterocycles. The van der Waals surface area contributed by atoms with Crippen molar-refractivity contribution in [2.45, 2.75) is 12.5 Å². The highest BCUT2D eigenvalue weighted by atomic mass is 32.1. The van der Waals surface area contributed by atoms with Gasteiger partial charge < -0.3 is 9.47 Å². The smallest absolute Gasteiger partial charge is 0.259 e. The topological polar surface area (TPSA) is 73.3 Å². The van der Waals surface area contributed by atoms with E-state index in [0.717, 1.165) is 16.6 Å². The van der Waals surface area contributed by atoms with Crippen LogP contribution in [0.25, 0.3) is 10.2 Å². The lowest BCUT2D eigenvalue weighted by Gasteiger charge is -2.10. The third kappa shape index (κ3) is 3.22. The summed E-state index contributed by atoms with van der Waals surface area (Å²) in [5.41, 5.74) is 1.34. The van der Waals surface area contributed by atoms with Crippen molar-refractivity contribution in [2.24, 2.45) is 0 Å². The summed E-state index contributed by atoms with van der Waals surface area (Å²) in [6.07, 6.45) is 2.41. The number of nitrogens with zero attached hydrogens (tertiary/aromatic N) is 2. The first kappa shape index (κ1) is 15.0. The predicted molar refractivity (Wildman–Crippen MR) is 91.7 cm³/mol. The molecular formula is C17H15N3O3S. The summed E-state index contributed by atoms with van der Waals surface area (Å²) < 4.78 is 12.0. The molecule has 1 aliphatic rings. The minimum atomic E-state index is -0.239. The van der Waals surface area contributed by atoms with Crippen LogP contribution in [0.2, 0.25) is 0 Å². The van der Waals surface area contributed by atoms with Gasteiger partial charge in [0, 0.05) is 18.7 Å². The minimum absolute atomic E-state index is 0.0416. The van der Waals surface area contributed by atoms with Crippen LogP contribution in [0.5, 0.6) is 5.88 Å². The fourth-order valence-electron chi connectivity index (χ4n) is 2.46. The van der Waals surface area contributed by atoms with Crippen molar-refractivity contribution in [3.8, 4) is 5.88 Å². The van der Waals surface area contributed by atoms with Gasteiger partial charge in [-0.2, -0.15) is 0 Å². The molecule has 24 heavy (non-hydrogen) atoms. The van der Waals surface area contributed by atoms with E-state index in [9.17, 15) is 4.79 Å². The fourth-order valence-corrected chi connectivity index (χ4v) is 3.32. The maximum atomic E-state index is 12.3. The minimum Gasteiger partial charge on any atom is -0.472 e. The van der Waals surface area contributed by atoms with Gasteiger partial charge in [-0.1, -0.05) is 23.5 Å². The van der Waals surface area contributed by atoms with E-state index >= 15 is 0 Å². The Morgan fingerprint density at radius 2 is 2.21 bits per heavy atom.